The lowest BCUT2D eigenvalue weighted by atomic mass is 10.3. The molecule has 0 radical (unpaired) electrons. The van der Waals surface area contributed by atoms with Gasteiger partial charge in [0, 0.05) is 0 Å². The Hall–Kier alpha value is -0.120. The summed E-state index contributed by atoms with van der Waals surface area (Å²) >= 11 is 0. The van der Waals surface area contributed by atoms with Crippen molar-refractivity contribution in [1.29, 1.82) is 0 Å². The minimum Gasteiger partial charge on any atom is -0.390 e. The predicted molar refractivity (Wildman–Crippen MR) is 33.6 cm³/mol. The van der Waals surface area contributed by atoms with Gasteiger partial charge in [-0.3, -0.25) is 0 Å². The van der Waals surface area contributed by atoms with Crippen LogP contribution in [0.5, 0.6) is 0 Å². The van der Waals surface area contributed by atoms with Gasteiger partial charge in [-0.15, -0.1) is 0 Å². The lowest BCUT2D eigenvalue weighted by Gasteiger charge is -2.17. The summed E-state index contributed by atoms with van der Waals surface area (Å²) in [4.78, 5) is 0. The van der Waals surface area contributed by atoms with E-state index in [4.69, 9.17) is 5.11 Å². The quantitative estimate of drug-likeness (QED) is 0.422. The zero-order valence-corrected chi connectivity index (χ0v) is 5.60. The minimum atomic E-state index is -0.343. The molecular weight excluding hydrogens is 104 g/mol. The van der Waals surface area contributed by atoms with Crippen molar-refractivity contribution in [3.05, 3.63) is 0 Å². The fraction of sp³-hybridized carbons (Fsp3) is 1.00. The van der Waals surface area contributed by atoms with Gasteiger partial charge in [0.2, 0.25) is 0 Å². The van der Waals surface area contributed by atoms with E-state index in [2.05, 4.69) is 10.6 Å². The molecule has 0 aromatic heterocycles. The third-order valence-corrected chi connectivity index (χ3v) is 1.10. The highest BCUT2D eigenvalue weighted by Gasteiger charge is 2.06. The molecule has 0 amide bonds. The Balaban J connectivity index is 3.35. The molecule has 0 aliphatic carbocycles. The summed E-state index contributed by atoms with van der Waals surface area (Å²) in [5.41, 5.74) is 0. The number of likely N-dealkylation sites (N-methyl/N-ethyl adjacent to an activating group) is 2. The lowest BCUT2D eigenvalue weighted by molar-refractivity contribution is 0.136. The van der Waals surface area contributed by atoms with Crippen LogP contribution in [0.2, 0.25) is 0 Å². The summed E-state index contributed by atoms with van der Waals surface area (Å²) < 4.78 is 0. The van der Waals surface area contributed by atoms with E-state index in [0.29, 0.717) is 0 Å². The number of nitrogens with one attached hydrogen (secondary N) is 2. The Labute approximate surface area is 50.1 Å². The fourth-order valence-corrected chi connectivity index (χ4v) is 0.627. The first kappa shape index (κ1) is 7.88. The molecular formula is C5H14N2O. The third kappa shape index (κ3) is 2.26. The molecule has 0 aromatic rings. The second-order valence-electron chi connectivity index (χ2n) is 1.80. The van der Waals surface area contributed by atoms with Crippen molar-refractivity contribution in [3.63, 3.8) is 0 Å². The van der Waals surface area contributed by atoms with Gasteiger partial charge in [0.25, 0.3) is 0 Å². The van der Waals surface area contributed by atoms with Crippen molar-refractivity contribution in [3.8, 4) is 0 Å². The Kier molecular flexibility index (Phi) is 3.77. The summed E-state index contributed by atoms with van der Waals surface area (Å²) in [7, 11) is 3.60. The van der Waals surface area contributed by atoms with Crippen LogP contribution in [0.4, 0.5) is 0 Å². The van der Waals surface area contributed by atoms with Gasteiger partial charge in [0.1, 0.15) is 0 Å². The van der Waals surface area contributed by atoms with Crippen molar-refractivity contribution >= 4 is 0 Å². The zero-order chi connectivity index (χ0) is 6.57. The summed E-state index contributed by atoms with van der Waals surface area (Å²) in [5, 5.41) is 14.7. The Morgan fingerprint density at radius 1 is 1.25 bits per heavy atom. The molecule has 0 spiro atoms. The molecule has 3 heteroatoms. The molecule has 0 fully saturated rings. The second kappa shape index (κ2) is 3.83. The van der Waals surface area contributed by atoms with Gasteiger partial charge in [-0.2, -0.15) is 0 Å². The van der Waals surface area contributed by atoms with Gasteiger partial charge in [0.05, 0.1) is 12.3 Å². The molecule has 3 nitrogen and oxygen atoms in total. The average Bonchev–Trinajstić information content (AvgIpc) is 1.69. The highest BCUT2D eigenvalue weighted by molar-refractivity contribution is 4.63. The molecule has 0 aromatic carbocycles. The molecule has 1 atom stereocenters. The molecule has 0 heterocycles. The highest BCUT2D eigenvalue weighted by Crippen LogP contribution is 1.83. The Morgan fingerprint density at radius 2 is 1.62 bits per heavy atom. The molecule has 3 N–H and O–H groups in total. The predicted octanol–water partition coefficient (Wildman–Crippen LogP) is -0.868. The van der Waals surface area contributed by atoms with Crippen LogP contribution in [0.25, 0.3) is 0 Å². The molecule has 0 saturated heterocycles. The van der Waals surface area contributed by atoms with Gasteiger partial charge >= 0.3 is 0 Å². The summed E-state index contributed by atoms with van der Waals surface area (Å²) in [6.07, 6.45) is -0.333. The average molecular weight is 118 g/mol. The van der Waals surface area contributed by atoms with Gasteiger partial charge in [0.15, 0.2) is 0 Å². The van der Waals surface area contributed by atoms with E-state index in [1.54, 1.807) is 21.0 Å². The SMILES string of the molecule is CNC(NC)C(C)O. The summed E-state index contributed by atoms with van der Waals surface area (Å²) in [6.45, 7) is 1.73. The number of rotatable bonds is 3. The molecule has 1 unspecified atom stereocenters. The Morgan fingerprint density at radius 3 is 1.62 bits per heavy atom. The first-order valence-corrected chi connectivity index (χ1v) is 2.75. The summed E-state index contributed by atoms with van der Waals surface area (Å²) in [6, 6.07) is 0. The van der Waals surface area contributed by atoms with Gasteiger partial charge in [-0.05, 0) is 21.0 Å². The molecule has 0 aliphatic heterocycles. The van der Waals surface area contributed by atoms with Gasteiger partial charge < -0.3 is 15.7 Å². The first-order valence-electron chi connectivity index (χ1n) is 2.75. The molecule has 0 saturated carbocycles. The highest BCUT2D eigenvalue weighted by atomic mass is 16.3. The van der Waals surface area contributed by atoms with Crippen LogP contribution in [-0.2, 0) is 0 Å². The molecule has 0 aliphatic rings. The lowest BCUT2D eigenvalue weighted by Crippen LogP contribution is -2.45. The standard InChI is InChI=1S/C5H14N2O/c1-4(8)5(6-2)7-3/h4-8H,1-3H3. The maximum Gasteiger partial charge on any atom is 0.0831 e. The number of hydrogen-bond acceptors (Lipinski definition) is 3. The monoisotopic (exact) mass is 118 g/mol. The largest absolute Gasteiger partial charge is 0.390 e. The van der Waals surface area contributed by atoms with Crippen molar-refractivity contribution < 1.29 is 5.11 Å². The van der Waals surface area contributed by atoms with Gasteiger partial charge in [-0.25, -0.2) is 0 Å². The Bertz CT molecular complexity index is 52.4. The molecule has 0 rings (SSSR count). The van der Waals surface area contributed by atoms with Crippen molar-refractivity contribution in [2.75, 3.05) is 14.1 Å². The van der Waals surface area contributed by atoms with Crippen LogP contribution in [-0.4, -0.2) is 31.5 Å². The van der Waals surface area contributed by atoms with Gasteiger partial charge in [-0.1, -0.05) is 0 Å². The van der Waals surface area contributed by atoms with E-state index in [9.17, 15) is 0 Å². The molecule has 50 valence electrons. The van der Waals surface area contributed by atoms with Crippen LogP contribution < -0.4 is 10.6 Å². The third-order valence-electron chi connectivity index (χ3n) is 1.10. The normalized spacial score (nSPS) is 14.6. The maximum atomic E-state index is 8.89. The van der Waals surface area contributed by atoms with Crippen molar-refractivity contribution in [1.82, 2.24) is 10.6 Å². The first-order chi connectivity index (χ1) is 3.72. The topological polar surface area (TPSA) is 44.3 Å². The van der Waals surface area contributed by atoms with Crippen LogP contribution >= 0.6 is 0 Å². The summed E-state index contributed by atoms with van der Waals surface area (Å²) in [5.74, 6) is 0. The van der Waals surface area contributed by atoms with E-state index < -0.39 is 0 Å². The minimum absolute atomic E-state index is 0.00926. The van der Waals surface area contributed by atoms with E-state index >= 15 is 0 Å². The second-order valence-corrected chi connectivity index (χ2v) is 1.80. The van der Waals surface area contributed by atoms with Crippen LogP contribution in [0, 0.1) is 0 Å². The van der Waals surface area contributed by atoms with Crippen LogP contribution in [0.3, 0.4) is 0 Å². The fourth-order valence-electron chi connectivity index (χ4n) is 0.627. The van der Waals surface area contributed by atoms with Crippen molar-refractivity contribution in [2.45, 2.75) is 19.2 Å². The van der Waals surface area contributed by atoms with E-state index in [1.807, 2.05) is 0 Å². The maximum absolute atomic E-state index is 8.89. The molecule has 8 heavy (non-hydrogen) atoms. The van der Waals surface area contributed by atoms with E-state index in [-0.39, 0.29) is 12.3 Å². The number of aliphatic hydroxyl groups is 1. The van der Waals surface area contributed by atoms with E-state index in [1.165, 1.54) is 0 Å². The van der Waals surface area contributed by atoms with Crippen LogP contribution in [0.15, 0.2) is 0 Å². The number of hydrogen-bond donors (Lipinski definition) is 3. The smallest absolute Gasteiger partial charge is 0.0831 e. The number of aliphatic hydroxyl groups excluding tert-OH is 1. The zero-order valence-electron chi connectivity index (χ0n) is 5.60. The molecule has 0 bridgehead atoms. The van der Waals surface area contributed by atoms with Crippen molar-refractivity contribution in [2.24, 2.45) is 0 Å². The van der Waals surface area contributed by atoms with E-state index in [0.717, 1.165) is 0 Å². The van der Waals surface area contributed by atoms with Crippen LogP contribution in [0.1, 0.15) is 6.92 Å².